The van der Waals surface area contributed by atoms with Crippen LogP contribution in [0, 0.1) is 0 Å². The Morgan fingerprint density at radius 3 is 2.04 bits per heavy atom. The van der Waals surface area contributed by atoms with Crippen LogP contribution in [-0.4, -0.2) is 109 Å². The molecule has 5 N–H and O–H groups in total. The molecule has 0 aliphatic carbocycles. The number of aliphatic hydroxyl groups excluding tert-OH is 1. The fourth-order valence-corrected chi connectivity index (χ4v) is 7.68. The van der Waals surface area contributed by atoms with E-state index in [1.54, 1.807) is 21.6 Å². The Kier molecular flexibility index (Phi) is 22.2. The van der Waals surface area contributed by atoms with Gasteiger partial charge in [-0.2, -0.15) is 0 Å². The predicted molar refractivity (Wildman–Crippen MR) is 195 cm³/mol. The normalized spacial score (nSPS) is 15.4. The molecule has 0 aromatic rings. The maximum absolute atomic E-state index is 13.0. The quantitative estimate of drug-likeness (QED) is 0.0525. The van der Waals surface area contributed by atoms with Crippen molar-refractivity contribution in [1.29, 1.82) is 0 Å². The number of unbranched alkanes of at least 4 members (excludes halogenated alkanes) is 4. The summed E-state index contributed by atoms with van der Waals surface area (Å²) in [7, 11) is 1.87. The lowest BCUT2D eigenvalue weighted by Crippen LogP contribution is -2.47. The highest BCUT2D eigenvalue weighted by Gasteiger charge is 2.25. The summed E-state index contributed by atoms with van der Waals surface area (Å²) in [4.78, 5) is 74.5. The maximum Gasteiger partial charge on any atom is 0.259 e. The first-order chi connectivity index (χ1) is 23.1. The fourth-order valence-electron chi connectivity index (χ4n) is 4.53. The number of carbonyl (C=O) groups is 6. The molecule has 0 saturated carbocycles. The van der Waals surface area contributed by atoms with Crippen molar-refractivity contribution in [2.75, 3.05) is 38.5 Å². The highest BCUT2D eigenvalue weighted by Crippen LogP contribution is 2.35. The summed E-state index contributed by atoms with van der Waals surface area (Å²) in [5, 5.41) is 22.2. The van der Waals surface area contributed by atoms with E-state index in [-0.39, 0.29) is 54.3 Å². The number of aliphatic hydroxyl groups is 1. The molecule has 6 amide bonds. The van der Waals surface area contributed by atoms with E-state index in [9.17, 15) is 38.1 Å². The van der Waals surface area contributed by atoms with E-state index in [1.165, 1.54) is 30.2 Å². The lowest BCUT2D eigenvalue weighted by molar-refractivity contribution is -0.138. The number of nitrogens with one attached hydrogen (secondary N) is 4. The molecule has 0 aromatic carbocycles. The Bertz CT molecular complexity index is 1130. The molecular formula is C32H56N6O8S3. The predicted octanol–water partition coefficient (Wildman–Crippen LogP) is 2.11. The van der Waals surface area contributed by atoms with Gasteiger partial charge in [-0.1, -0.05) is 55.2 Å². The first-order valence-electron chi connectivity index (χ1n) is 16.9. The highest BCUT2D eigenvalue weighted by molar-refractivity contribution is 8.77. The molecule has 0 aromatic heterocycles. The molecular weight excluding hydrogens is 693 g/mol. The summed E-state index contributed by atoms with van der Waals surface area (Å²) >= 11 is 0. The zero-order chi connectivity index (χ0) is 36.8. The molecule has 49 heavy (non-hydrogen) atoms. The van der Waals surface area contributed by atoms with Crippen molar-refractivity contribution in [2.24, 2.45) is 0 Å². The van der Waals surface area contributed by atoms with Crippen LogP contribution in [0.3, 0.4) is 0 Å². The van der Waals surface area contributed by atoms with Crippen LogP contribution in [0.1, 0.15) is 98.8 Å². The molecule has 1 heterocycles. The summed E-state index contributed by atoms with van der Waals surface area (Å²) in [5.41, 5.74) is 0. The molecule has 0 bridgehead atoms. The molecule has 3 atom stereocenters. The van der Waals surface area contributed by atoms with Gasteiger partial charge in [0.15, 0.2) is 0 Å². The van der Waals surface area contributed by atoms with Crippen molar-refractivity contribution in [1.82, 2.24) is 30.5 Å². The molecule has 3 unspecified atom stereocenters. The van der Waals surface area contributed by atoms with Crippen molar-refractivity contribution >= 4 is 68.0 Å². The number of nitrogens with zero attached hydrogens (tertiary/aromatic N) is 2. The topological polar surface area (TPSA) is 194 Å². The summed E-state index contributed by atoms with van der Waals surface area (Å²) in [5.74, 6) is -1.00. The van der Waals surface area contributed by atoms with Crippen LogP contribution in [-0.2, 0) is 39.8 Å². The lowest BCUT2D eigenvalue weighted by atomic mass is 10.1. The van der Waals surface area contributed by atoms with Gasteiger partial charge < -0.3 is 31.3 Å². The van der Waals surface area contributed by atoms with Crippen molar-refractivity contribution < 1.29 is 38.1 Å². The van der Waals surface area contributed by atoms with E-state index in [0.29, 0.717) is 45.3 Å². The molecule has 1 rings (SSSR count). The molecule has 0 spiro atoms. The molecule has 17 heteroatoms. The van der Waals surface area contributed by atoms with E-state index in [4.69, 9.17) is 0 Å². The molecule has 0 fully saturated rings. The molecule has 0 saturated heterocycles. The fraction of sp³-hybridized carbons (Fsp3) is 0.750. The number of carbonyl (C=O) groups excluding carboxylic acids is 6. The van der Waals surface area contributed by atoms with Gasteiger partial charge in [0.2, 0.25) is 29.5 Å². The van der Waals surface area contributed by atoms with Gasteiger partial charge in [0, 0.05) is 80.9 Å². The molecule has 0 radical (unpaired) electrons. The van der Waals surface area contributed by atoms with Gasteiger partial charge in [-0.05, 0) is 39.0 Å². The Balaban J connectivity index is 2.42. The number of amides is 6. The van der Waals surface area contributed by atoms with Gasteiger partial charge in [-0.3, -0.25) is 33.1 Å². The molecule has 1 aliphatic rings. The van der Waals surface area contributed by atoms with Gasteiger partial charge in [0.05, 0.1) is 0 Å². The molecule has 280 valence electrons. The van der Waals surface area contributed by atoms with Gasteiger partial charge in [0.25, 0.3) is 5.91 Å². The van der Waals surface area contributed by atoms with Crippen molar-refractivity contribution in [3.05, 3.63) is 11.5 Å². The van der Waals surface area contributed by atoms with E-state index < -0.39 is 35.1 Å². The maximum atomic E-state index is 13.0. The third-order valence-corrected chi connectivity index (χ3v) is 11.6. The number of rotatable bonds is 25. The van der Waals surface area contributed by atoms with E-state index in [2.05, 4.69) is 42.0 Å². The average Bonchev–Trinajstić information content (AvgIpc) is 3.34. The van der Waals surface area contributed by atoms with Crippen LogP contribution in [0.5, 0.6) is 0 Å². The van der Waals surface area contributed by atoms with Crippen LogP contribution in [0.4, 0.5) is 0 Å². The Morgan fingerprint density at radius 2 is 1.49 bits per heavy atom. The van der Waals surface area contributed by atoms with Crippen LogP contribution >= 0.6 is 21.6 Å². The lowest BCUT2D eigenvalue weighted by Gasteiger charge is -2.23. The smallest absolute Gasteiger partial charge is 0.259 e. The molecule has 14 nitrogen and oxygen atoms in total. The third-order valence-electron chi connectivity index (χ3n) is 7.11. The zero-order valence-electron chi connectivity index (χ0n) is 29.5. The minimum absolute atomic E-state index is 0.0381. The number of hydrogen-bond donors (Lipinski definition) is 5. The minimum Gasteiger partial charge on any atom is -0.374 e. The second-order valence-corrected chi connectivity index (χ2v) is 17.2. The second-order valence-electron chi connectivity index (χ2n) is 12.7. The Morgan fingerprint density at radius 1 is 0.898 bits per heavy atom. The van der Waals surface area contributed by atoms with Crippen molar-refractivity contribution in [2.45, 2.75) is 116 Å². The minimum atomic E-state index is -1.61. The third kappa shape index (κ3) is 21.3. The van der Waals surface area contributed by atoms with Gasteiger partial charge in [-0.25, -0.2) is 4.21 Å². The summed E-state index contributed by atoms with van der Waals surface area (Å²) in [6, 6.07) is -0.827. The zero-order valence-corrected chi connectivity index (χ0v) is 32.0. The van der Waals surface area contributed by atoms with Crippen LogP contribution in [0.2, 0.25) is 0 Å². The van der Waals surface area contributed by atoms with Crippen LogP contribution < -0.4 is 21.3 Å². The molecule has 1 aliphatic heterocycles. The van der Waals surface area contributed by atoms with Crippen LogP contribution in [0.25, 0.3) is 0 Å². The van der Waals surface area contributed by atoms with Crippen LogP contribution in [0.15, 0.2) is 11.5 Å². The average molecular weight is 749 g/mol. The van der Waals surface area contributed by atoms with Gasteiger partial charge in [0.1, 0.15) is 23.3 Å². The Hall–Kier alpha value is -2.63. The second kappa shape index (κ2) is 24.5. The summed E-state index contributed by atoms with van der Waals surface area (Å²) < 4.78 is 13.1. The first kappa shape index (κ1) is 44.4. The van der Waals surface area contributed by atoms with E-state index in [1.807, 2.05) is 0 Å². The van der Waals surface area contributed by atoms with Crippen molar-refractivity contribution in [3.8, 4) is 0 Å². The SMILES string of the molecule is CC(=O)N(CCC(=O)NCCCCC(NC(=O)CCN1C(=O)C=CS1=O)C(=O)NCCCCCCNC(=O)CCSSC(C)(C)C)C(C)O. The monoisotopic (exact) mass is 748 g/mol. The highest BCUT2D eigenvalue weighted by atomic mass is 33.1. The van der Waals surface area contributed by atoms with Gasteiger partial charge in [-0.15, -0.1) is 0 Å². The van der Waals surface area contributed by atoms with E-state index >= 15 is 0 Å². The van der Waals surface area contributed by atoms with Gasteiger partial charge >= 0.3 is 0 Å². The summed E-state index contributed by atoms with van der Waals surface area (Å²) in [6.07, 6.45) is 5.32. The first-order valence-corrected chi connectivity index (χ1v) is 20.4. The Labute approximate surface area is 301 Å². The number of hydrogen-bond acceptors (Lipinski definition) is 10. The summed E-state index contributed by atoms with van der Waals surface area (Å²) in [6.45, 7) is 10.6. The standard InChI is InChI=1S/C32H56N6O8S3/c1-24(39)37(25(2)40)20-13-27(41)33-18-11-8-12-26(36-29(43)14-21-38-30(44)16-23-49(38)46)31(45)35-19-10-7-6-9-17-34-28(42)15-22-47-48-32(3,4)5/h16,23-24,26,39H,6-15,17-22H2,1-5H3,(H,33,41)(H,34,42)(H,35,45)(H,36,43). The van der Waals surface area contributed by atoms with Crippen molar-refractivity contribution in [3.63, 3.8) is 0 Å². The largest absolute Gasteiger partial charge is 0.374 e. The van der Waals surface area contributed by atoms with E-state index in [0.717, 1.165) is 35.7 Å².